The van der Waals surface area contributed by atoms with Gasteiger partial charge in [-0.3, -0.25) is 0 Å². The second-order valence-corrected chi connectivity index (χ2v) is 7.36. The molecule has 148 valence electrons. The van der Waals surface area contributed by atoms with E-state index in [4.69, 9.17) is 4.74 Å². The minimum absolute atomic E-state index is 0.00410. The average molecular weight is 386 g/mol. The Kier molecular flexibility index (Phi) is 6.61. The smallest absolute Gasteiger partial charge is 0.200 e. The first-order valence-electron chi connectivity index (χ1n) is 9.65. The van der Waals surface area contributed by atoms with Crippen molar-refractivity contribution >= 4 is 6.08 Å². The highest BCUT2D eigenvalue weighted by Gasteiger charge is 2.25. The van der Waals surface area contributed by atoms with Crippen LogP contribution in [0.15, 0.2) is 49.1 Å². The van der Waals surface area contributed by atoms with Crippen LogP contribution in [0, 0.1) is 30.3 Å². The van der Waals surface area contributed by atoms with Crippen LogP contribution in [0.5, 0.6) is 5.75 Å². The van der Waals surface area contributed by atoms with E-state index in [1.807, 2.05) is 12.1 Å². The minimum atomic E-state index is -0.928. The Labute approximate surface area is 164 Å². The van der Waals surface area contributed by atoms with Gasteiger partial charge in [0.05, 0.1) is 0 Å². The van der Waals surface area contributed by atoms with Crippen molar-refractivity contribution < 1.29 is 17.9 Å². The highest BCUT2D eigenvalue weighted by Crippen LogP contribution is 2.39. The number of rotatable bonds is 6. The summed E-state index contributed by atoms with van der Waals surface area (Å²) in [5, 5.41) is 0. The van der Waals surface area contributed by atoms with Crippen molar-refractivity contribution in [2.24, 2.45) is 5.92 Å². The van der Waals surface area contributed by atoms with Crippen LogP contribution in [0.3, 0.4) is 0 Å². The summed E-state index contributed by atoms with van der Waals surface area (Å²) >= 11 is 0. The molecule has 0 aliphatic heterocycles. The van der Waals surface area contributed by atoms with Crippen LogP contribution < -0.4 is 4.74 Å². The van der Waals surface area contributed by atoms with E-state index in [0.717, 1.165) is 31.2 Å². The number of ether oxygens (including phenoxy) is 1. The average Bonchev–Trinajstić information content (AvgIpc) is 2.70. The molecule has 28 heavy (non-hydrogen) atoms. The van der Waals surface area contributed by atoms with Gasteiger partial charge in [0.15, 0.2) is 11.6 Å². The second-order valence-electron chi connectivity index (χ2n) is 7.36. The molecule has 3 rings (SSSR count). The van der Waals surface area contributed by atoms with E-state index < -0.39 is 11.6 Å². The number of benzene rings is 2. The van der Waals surface area contributed by atoms with Gasteiger partial charge in [-0.15, -0.1) is 0 Å². The minimum Gasteiger partial charge on any atom is -0.486 e. The SMILES string of the molecule is C=CCOc1ccc(C2CCC(/C=C/c3ccc(C)c(F)c3)CC2)c(F)c1F. The monoisotopic (exact) mass is 386 g/mol. The van der Waals surface area contributed by atoms with Crippen molar-refractivity contribution in [2.45, 2.75) is 38.5 Å². The molecule has 4 heteroatoms. The van der Waals surface area contributed by atoms with Gasteiger partial charge in [-0.1, -0.05) is 43.0 Å². The third-order valence-electron chi connectivity index (χ3n) is 5.40. The summed E-state index contributed by atoms with van der Waals surface area (Å²) in [5.41, 5.74) is 1.90. The fraction of sp³-hybridized carbons (Fsp3) is 0.333. The lowest BCUT2D eigenvalue weighted by atomic mass is 9.78. The van der Waals surface area contributed by atoms with E-state index >= 15 is 0 Å². The van der Waals surface area contributed by atoms with Crippen molar-refractivity contribution in [1.29, 1.82) is 0 Å². The molecule has 0 bridgehead atoms. The maximum atomic E-state index is 14.5. The molecule has 0 radical (unpaired) electrons. The van der Waals surface area contributed by atoms with Crippen molar-refractivity contribution in [1.82, 2.24) is 0 Å². The molecule has 1 aliphatic carbocycles. The van der Waals surface area contributed by atoms with Crippen LogP contribution in [-0.2, 0) is 0 Å². The van der Waals surface area contributed by atoms with Crippen LogP contribution in [0.25, 0.3) is 6.08 Å². The summed E-state index contributed by atoms with van der Waals surface area (Å²) in [6.45, 7) is 5.38. The van der Waals surface area contributed by atoms with Gasteiger partial charge in [-0.2, -0.15) is 4.39 Å². The van der Waals surface area contributed by atoms with Crippen LogP contribution >= 0.6 is 0 Å². The molecule has 0 saturated heterocycles. The lowest BCUT2D eigenvalue weighted by Gasteiger charge is -2.27. The van der Waals surface area contributed by atoms with Crippen molar-refractivity contribution in [3.05, 3.63) is 83.2 Å². The zero-order valence-electron chi connectivity index (χ0n) is 16.1. The standard InChI is InChI=1S/C24H25F3O/c1-3-14-28-22-13-12-20(23(26)24(22)27)19-10-8-17(9-11-19)6-7-18-5-4-16(2)21(25)15-18/h3-7,12-13,15,17,19H,1,8-11,14H2,2H3/b7-6+. The Hall–Kier alpha value is -2.49. The van der Waals surface area contributed by atoms with E-state index in [9.17, 15) is 13.2 Å². The summed E-state index contributed by atoms with van der Waals surface area (Å²) < 4.78 is 47.5. The second kappa shape index (κ2) is 9.13. The van der Waals surface area contributed by atoms with Crippen molar-refractivity contribution in [2.75, 3.05) is 6.61 Å². The summed E-state index contributed by atoms with van der Waals surface area (Å²) in [5.74, 6) is -1.65. The van der Waals surface area contributed by atoms with Gasteiger partial charge < -0.3 is 4.74 Å². The maximum Gasteiger partial charge on any atom is 0.200 e. The Balaban J connectivity index is 1.62. The van der Waals surface area contributed by atoms with Gasteiger partial charge in [0, 0.05) is 0 Å². The van der Waals surface area contributed by atoms with E-state index in [-0.39, 0.29) is 24.1 Å². The lowest BCUT2D eigenvalue weighted by molar-refractivity contribution is 0.326. The van der Waals surface area contributed by atoms with Gasteiger partial charge in [-0.05, 0) is 73.3 Å². The van der Waals surface area contributed by atoms with Gasteiger partial charge in [0.1, 0.15) is 12.4 Å². The largest absolute Gasteiger partial charge is 0.486 e. The quantitative estimate of drug-likeness (QED) is 0.487. The molecule has 0 atom stereocenters. The summed E-state index contributed by atoms with van der Waals surface area (Å²) in [7, 11) is 0. The van der Waals surface area contributed by atoms with Crippen molar-refractivity contribution in [3.8, 4) is 5.75 Å². The molecule has 0 amide bonds. The predicted molar refractivity (Wildman–Crippen MR) is 107 cm³/mol. The molecule has 1 nitrogen and oxygen atoms in total. The molecule has 1 aliphatic rings. The maximum absolute atomic E-state index is 14.5. The predicted octanol–water partition coefficient (Wildman–Crippen LogP) is 6.96. The van der Waals surface area contributed by atoms with Crippen LogP contribution in [-0.4, -0.2) is 6.61 Å². The fourth-order valence-corrected chi connectivity index (χ4v) is 3.70. The number of halogens is 3. The normalized spacial score (nSPS) is 19.7. The molecule has 1 saturated carbocycles. The molecule has 0 unspecified atom stereocenters. The third-order valence-corrected chi connectivity index (χ3v) is 5.40. The number of hydrogen-bond acceptors (Lipinski definition) is 1. The molecule has 0 spiro atoms. The number of allylic oxidation sites excluding steroid dienone is 1. The van der Waals surface area contributed by atoms with Gasteiger partial charge in [0.2, 0.25) is 5.82 Å². The topological polar surface area (TPSA) is 9.23 Å². The molecule has 1 fully saturated rings. The number of aryl methyl sites for hydroxylation is 1. The molecule has 2 aromatic rings. The zero-order chi connectivity index (χ0) is 20.1. The zero-order valence-corrected chi connectivity index (χ0v) is 16.1. The van der Waals surface area contributed by atoms with Gasteiger partial charge in [-0.25, -0.2) is 8.78 Å². The van der Waals surface area contributed by atoms with E-state index in [1.54, 1.807) is 19.1 Å². The summed E-state index contributed by atoms with van der Waals surface area (Å²) in [6.07, 6.45) is 8.91. The first-order chi connectivity index (χ1) is 13.5. The highest BCUT2D eigenvalue weighted by atomic mass is 19.2. The highest BCUT2D eigenvalue weighted by molar-refractivity contribution is 5.50. The van der Waals surface area contributed by atoms with E-state index in [0.29, 0.717) is 17.0 Å². The van der Waals surface area contributed by atoms with Crippen LogP contribution in [0.4, 0.5) is 13.2 Å². The molecular weight excluding hydrogens is 361 g/mol. The van der Waals surface area contributed by atoms with Crippen LogP contribution in [0.2, 0.25) is 0 Å². The molecular formula is C24H25F3O. The third kappa shape index (κ3) is 4.67. The Morgan fingerprint density at radius 2 is 1.79 bits per heavy atom. The molecule has 0 N–H and O–H groups in total. The molecule has 0 heterocycles. The van der Waals surface area contributed by atoms with Gasteiger partial charge >= 0.3 is 0 Å². The Bertz CT molecular complexity index is 864. The lowest BCUT2D eigenvalue weighted by Crippen LogP contribution is -2.14. The van der Waals surface area contributed by atoms with Crippen LogP contribution in [0.1, 0.15) is 48.3 Å². The first-order valence-corrected chi connectivity index (χ1v) is 9.65. The molecule has 0 aromatic heterocycles. The Morgan fingerprint density at radius 3 is 2.46 bits per heavy atom. The molecule has 2 aromatic carbocycles. The fourth-order valence-electron chi connectivity index (χ4n) is 3.70. The summed E-state index contributed by atoms with van der Waals surface area (Å²) in [6, 6.07) is 8.33. The Morgan fingerprint density at radius 1 is 1.04 bits per heavy atom. The number of hydrogen-bond donors (Lipinski definition) is 0. The van der Waals surface area contributed by atoms with E-state index in [2.05, 4.69) is 12.7 Å². The van der Waals surface area contributed by atoms with E-state index in [1.165, 1.54) is 18.2 Å². The van der Waals surface area contributed by atoms with Crippen molar-refractivity contribution in [3.63, 3.8) is 0 Å². The van der Waals surface area contributed by atoms with Gasteiger partial charge in [0.25, 0.3) is 0 Å². The first kappa shape index (κ1) is 20.2. The summed E-state index contributed by atoms with van der Waals surface area (Å²) in [4.78, 5) is 0.